The summed E-state index contributed by atoms with van der Waals surface area (Å²) in [5.41, 5.74) is 4.47. The SMILES string of the molecule is CC(C)(CC(N)=O)NCC1CCCN(C(=O)OC(C)(C)C)C1. The van der Waals surface area contributed by atoms with Crippen molar-refractivity contribution in [2.45, 2.75) is 65.0 Å². The number of nitrogens with two attached hydrogens (primary N) is 1. The number of nitrogens with zero attached hydrogens (tertiary/aromatic N) is 1. The molecule has 1 saturated heterocycles. The summed E-state index contributed by atoms with van der Waals surface area (Å²) < 4.78 is 5.43. The zero-order valence-corrected chi connectivity index (χ0v) is 14.6. The minimum Gasteiger partial charge on any atom is -0.444 e. The minimum atomic E-state index is -0.467. The molecule has 0 aromatic heterocycles. The van der Waals surface area contributed by atoms with Gasteiger partial charge in [-0.2, -0.15) is 0 Å². The first-order chi connectivity index (χ1) is 9.98. The zero-order chi connectivity index (χ0) is 17.0. The quantitative estimate of drug-likeness (QED) is 0.811. The second-order valence-electron chi connectivity index (χ2n) is 7.84. The van der Waals surface area contributed by atoms with E-state index >= 15 is 0 Å². The Kier molecular flexibility index (Phi) is 6.23. The summed E-state index contributed by atoms with van der Waals surface area (Å²) in [5.74, 6) is 0.0601. The molecule has 3 N–H and O–H groups in total. The van der Waals surface area contributed by atoms with Crippen molar-refractivity contribution >= 4 is 12.0 Å². The van der Waals surface area contributed by atoms with Crippen LogP contribution in [0, 0.1) is 5.92 Å². The van der Waals surface area contributed by atoms with Crippen LogP contribution < -0.4 is 11.1 Å². The van der Waals surface area contributed by atoms with E-state index in [1.165, 1.54) is 0 Å². The summed E-state index contributed by atoms with van der Waals surface area (Å²) in [6.07, 6.45) is 2.10. The van der Waals surface area contributed by atoms with Crippen LogP contribution in [0.5, 0.6) is 0 Å². The van der Waals surface area contributed by atoms with Crippen molar-refractivity contribution in [1.82, 2.24) is 10.2 Å². The van der Waals surface area contributed by atoms with Crippen molar-refractivity contribution in [1.29, 1.82) is 0 Å². The largest absolute Gasteiger partial charge is 0.444 e. The molecular weight excluding hydrogens is 282 g/mol. The second kappa shape index (κ2) is 7.31. The van der Waals surface area contributed by atoms with E-state index < -0.39 is 5.60 Å². The van der Waals surface area contributed by atoms with Gasteiger partial charge >= 0.3 is 6.09 Å². The lowest BCUT2D eigenvalue weighted by atomic mass is 9.95. The van der Waals surface area contributed by atoms with Gasteiger partial charge < -0.3 is 20.7 Å². The van der Waals surface area contributed by atoms with Gasteiger partial charge in [-0.1, -0.05) is 0 Å². The molecule has 128 valence electrons. The number of piperidine rings is 1. The molecule has 1 rings (SSSR count). The predicted molar refractivity (Wildman–Crippen MR) is 86.4 cm³/mol. The van der Waals surface area contributed by atoms with E-state index in [1.54, 1.807) is 4.90 Å². The number of likely N-dealkylation sites (tertiary alicyclic amines) is 1. The maximum Gasteiger partial charge on any atom is 0.410 e. The number of rotatable bonds is 5. The molecular formula is C16H31N3O3. The van der Waals surface area contributed by atoms with Crippen molar-refractivity contribution < 1.29 is 14.3 Å². The Morgan fingerprint density at radius 3 is 2.45 bits per heavy atom. The predicted octanol–water partition coefficient (Wildman–Crippen LogP) is 1.88. The molecule has 0 radical (unpaired) electrons. The molecule has 1 aliphatic rings. The van der Waals surface area contributed by atoms with Crippen LogP contribution in [0.25, 0.3) is 0 Å². The number of carbonyl (C=O) groups is 2. The molecule has 0 bridgehead atoms. The smallest absolute Gasteiger partial charge is 0.410 e. The molecule has 22 heavy (non-hydrogen) atoms. The van der Waals surface area contributed by atoms with Crippen molar-refractivity contribution in [3.63, 3.8) is 0 Å². The Morgan fingerprint density at radius 2 is 1.91 bits per heavy atom. The molecule has 1 atom stereocenters. The average Bonchev–Trinajstić information content (AvgIpc) is 2.33. The van der Waals surface area contributed by atoms with Gasteiger partial charge in [0.25, 0.3) is 0 Å². The van der Waals surface area contributed by atoms with Crippen LogP contribution in [0.1, 0.15) is 53.9 Å². The molecule has 6 nitrogen and oxygen atoms in total. The van der Waals surface area contributed by atoms with Gasteiger partial charge in [0.05, 0.1) is 0 Å². The molecule has 6 heteroatoms. The summed E-state index contributed by atoms with van der Waals surface area (Å²) in [7, 11) is 0. The van der Waals surface area contributed by atoms with E-state index in [0.29, 0.717) is 18.9 Å². The van der Waals surface area contributed by atoms with Gasteiger partial charge in [0, 0.05) is 31.6 Å². The Morgan fingerprint density at radius 1 is 1.27 bits per heavy atom. The summed E-state index contributed by atoms with van der Waals surface area (Å²) in [6, 6.07) is 0. The van der Waals surface area contributed by atoms with Gasteiger partial charge in [0.2, 0.25) is 5.91 Å². The maximum atomic E-state index is 12.1. The Labute approximate surface area is 133 Å². The summed E-state index contributed by atoms with van der Waals surface area (Å²) >= 11 is 0. The lowest BCUT2D eigenvalue weighted by Gasteiger charge is -2.36. The number of amides is 2. The summed E-state index contributed by atoms with van der Waals surface area (Å²) in [6.45, 7) is 11.8. The first kappa shape index (κ1) is 18.7. The van der Waals surface area contributed by atoms with Gasteiger partial charge in [-0.3, -0.25) is 4.79 Å². The lowest BCUT2D eigenvalue weighted by molar-refractivity contribution is -0.119. The fraction of sp³-hybridized carbons (Fsp3) is 0.875. The van der Waals surface area contributed by atoms with E-state index in [0.717, 1.165) is 25.9 Å². The molecule has 1 fully saturated rings. The van der Waals surface area contributed by atoms with Crippen LogP contribution >= 0.6 is 0 Å². The number of carbonyl (C=O) groups excluding carboxylic acids is 2. The molecule has 1 aliphatic heterocycles. The molecule has 2 amide bonds. The highest BCUT2D eigenvalue weighted by Crippen LogP contribution is 2.20. The van der Waals surface area contributed by atoms with Gasteiger partial charge in [-0.05, 0) is 53.4 Å². The minimum absolute atomic E-state index is 0.242. The number of hydrogen-bond donors (Lipinski definition) is 2. The van der Waals surface area contributed by atoms with E-state index in [1.807, 2.05) is 34.6 Å². The molecule has 1 heterocycles. The second-order valence-corrected chi connectivity index (χ2v) is 7.84. The zero-order valence-electron chi connectivity index (χ0n) is 14.6. The first-order valence-corrected chi connectivity index (χ1v) is 8.00. The number of ether oxygens (including phenoxy) is 1. The molecule has 0 aromatic carbocycles. The van der Waals surface area contributed by atoms with E-state index in [-0.39, 0.29) is 17.5 Å². The van der Waals surface area contributed by atoms with Crippen LogP contribution in [-0.2, 0) is 9.53 Å². The van der Waals surface area contributed by atoms with E-state index in [2.05, 4.69) is 5.32 Å². The topological polar surface area (TPSA) is 84.7 Å². The first-order valence-electron chi connectivity index (χ1n) is 8.00. The number of primary amides is 1. The van der Waals surface area contributed by atoms with Crippen molar-refractivity contribution in [3.8, 4) is 0 Å². The molecule has 0 aromatic rings. The Balaban J connectivity index is 2.46. The van der Waals surface area contributed by atoms with Crippen molar-refractivity contribution in [3.05, 3.63) is 0 Å². The van der Waals surface area contributed by atoms with Crippen molar-refractivity contribution in [2.75, 3.05) is 19.6 Å². The van der Waals surface area contributed by atoms with Crippen molar-refractivity contribution in [2.24, 2.45) is 11.7 Å². The highest BCUT2D eigenvalue weighted by molar-refractivity contribution is 5.75. The van der Waals surface area contributed by atoms with Gasteiger partial charge in [0.1, 0.15) is 5.60 Å². The fourth-order valence-electron chi connectivity index (χ4n) is 2.64. The van der Waals surface area contributed by atoms with Crippen LogP contribution in [0.15, 0.2) is 0 Å². The molecule has 0 saturated carbocycles. The fourth-order valence-corrected chi connectivity index (χ4v) is 2.64. The normalized spacial score (nSPS) is 19.9. The highest BCUT2D eigenvalue weighted by atomic mass is 16.6. The van der Waals surface area contributed by atoms with E-state index in [9.17, 15) is 9.59 Å². The third-order valence-corrected chi connectivity index (χ3v) is 3.66. The number of hydrogen-bond acceptors (Lipinski definition) is 4. The highest BCUT2D eigenvalue weighted by Gasteiger charge is 2.29. The monoisotopic (exact) mass is 313 g/mol. The number of nitrogens with one attached hydrogen (secondary N) is 1. The summed E-state index contributed by atoms with van der Waals surface area (Å²) in [4.78, 5) is 25.0. The van der Waals surface area contributed by atoms with Crippen LogP contribution in [0.4, 0.5) is 4.79 Å². The third kappa shape index (κ3) is 7.11. The maximum absolute atomic E-state index is 12.1. The summed E-state index contributed by atoms with van der Waals surface area (Å²) in [5, 5.41) is 3.39. The standard InChI is InChI=1S/C16H31N3O3/c1-15(2,3)22-14(21)19-8-6-7-12(11-19)10-18-16(4,5)9-13(17)20/h12,18H,6-11H2,1-5H3,(H2,17,20). The third-order valence-electron chi connectivity index (χ3n) is 3.66. The lowest BCUT2D eigenvalue weighted by Crippen LogP contribution is -2.49. The van der Waals surface area contributed by atoms with Crippen LogP contribution in [-0.4, -0.2) is 47.7 Å². The average molecular weight is 313 g/mol. The van der Waals surface area contributed by atoms with E-state index in [4.69, 9.17) is 10.5 Å². The van der Waals surface area contributed by atoms with Gasteiger partial charge in [-0.25, -0.2) is 4.79 Å². The Bertz CT molecular complexity index is 402. The van der Waals surface area contributed by atoms with Crippen LogP contribution in [0.3, 0.4) is 0 Å². The molecule has 0 aliphatic carbocycles. The Hall–Kier alpha value is -1.30. The molecule has 1 unspecified atom stereocenters. The van der Waals surface area contributed by atoms with Gasteiger partial charge in [0.15, 0.2) is 0 Å². The van der Waals surface area contributed by atoms with Crippen LogP contribution in [0.2, 0.25) is 0 Å². The van der Waals surface area contributed by atoms with Gasteiger partial charge in [-0.15, -0.1) is 0 Å². The molecule has 0 spiro atoms.